The van der Waals surface area contributed by atoms with E-state index in [4.69, 9.17) is 9.47 Å². The molecule has 0 atom stereocenters. The Balaban J connectivity index is 1.80. The van der Waals surface area contributed by atoms with Gasteiger partial charge in [0.25, 0.3) is 11.8 Å². The summed E-state index contributed by atoms with van der Waals surface area (Å²) in [7, 11) is 4.51. The quantitative estimate of drug-likeness (QED) is 0.512. The van der Waals surface area contributed by atoms with Crippen molar-refractivity contribution in [2.75, 3.05) is 32.7 Å². The predicted octanol–water partition coefficient (Wildman–Crippen LogP) is 4.16. The number of likely N-dealkylation sites (N-methyl/N-ethyl adjacent to an activating group) is 1. The molecule has 2 aromatic carbocycles. The van der Waals surface area contributed by atoms with Crippen molar-refractivity contribution in [2.45, 2.75) is 17.4 Å². The zero-order chi connectivity index (χ0) is 23.5. The molecule has 2 amide bonds. The monoisotopic (exact) mass is 466 g/mol. The summed E-state index contributed by atoms with van der Waals surface area (Å²) < 4.78 is 48.3. The van der Waals surface area contributed by atoms with Gasteiger partial charge in [0, 0.05) is 31.7 Å². The minimum atomic E-state index is -4.42. The Kier molecular flexibility index (Phi) is 7.27. The summed E-state index contributed by atoms with van der Waals surface area (Å²) in [5, 5.41) is 2.70. The van der Waals surface area contributed by atoms with Crippen molar-refractivity contribution >= 4 is 35.3 Å². The van der Waals surface area contributed by atoms with Gasteiger partial charge in [0.15, 0.2) is 6.29 Å². The van der Waals surface area contributed by atoms with E-state index in [1.54, 1.807) is 31.3 Å². The summed E-state index contributed by atoms with van der Waals surface area (Å²) in [5.74, 6) is -0.664. The van der Waals surface area contributed by atoms with Crippen molar-refractivity contribution in [3.05, 3.63) is 64.1 Å². The lowest BCUT2D eigenvalue weighted by atomic mass is 10.1. The molecule has 1 N–H and O–H groups in total. The molecule has 0 fully saturated rings. The topological polar surface area (TPSA) is 67.9 Å². The number of hydrogen-bond donors (Lipinski definition) is 1. The van der Waals surface area contributed by atoms with Gasteiger partial charge in [0.05, 0.1) is 22.7 Å². The molecule has 1 heterocycles. The van der Waals surface area contributed by atoms with E-state index in [0.29, 0.717) is 21.7 Å². The summed E-state index contributed by atoms with van der Waals surface area (Å²) in [6, 6.07) is 9.56. The van der Waals surface area contributed by atoms with Crippen LogP contribution in [0.25, 0.3) is 6.08 Å². The van der Waals surface area contributed by atoms with Crippen molar-refractivity contribution in [1.29, 1.82) is 0 Å². The van der Waals surface area contributed by atoms with Crippen molar-refractivity contribution < 1.29 is 32.2 Å². The molecule has 3 rings (SSSR count). The number of alkyl halides is 3. The summed E-state index contributed by atoms with van der Waals surface area (Å²) in [6.07, 6.45) is -3.45. The van der Waals surface area contributed by atoms with Crippen LogP contribution in [0.1, 0.15) is 21.5 Å². The number of benzene rings is 2. The number of anilines is 1. The maximum Gasteiger partial charge on any atom is 0.416 e. The summed E-state index contributed by atoms with van der Waals surface area (Å²) in [4.78, 5) is 27.8. The number of halogens is 3. The highest BCUT2D eigenvalue weighted by Gasteiger charge is 2.30. The highest BCUT2D eigenvalue weighted by molar-refractivity contribution is 8.04. The molecular formula is C22H21F3N2O4S. The van der Waals surface area contributed by atoms with Crippen LogP contribution in [0.3, 0.4) is 0 Å². The number of ether oxygens (including phenoxy) is 2. The first-order chi connectivity index (χ1) is 15.1. The summed E-state index contributed by atoms with van der Waals surface area (Å²) in [6.45, 7) is 0.159. The van der Waals surface area contributed by atoms with Crippen LogP contribution in [-0.2, 0) is 20.4 Å². The van der Waals surface area contributed by atoms with Gasteiger partial charge >= 0.3 is 6.18 Å². The van der Waals surface area contributed by atoms with E-state index in [2.05, 4.69) is 5.32 Å². The van der Waals surface area contributed by atoms with Crippen molar-refractivity contribution in [2.24, 2.45) is 0 Å². The van der Waals surface area contributed by atoms with E-state index in [0.717, 1.165) is 17.0 Å². The van der Waals surface area contributed by atoms with Gasteiger partial charge in [0.2, 0.25) is 0 Å². The van der Waals surface area contributed by atoms with Crippen LogP contribution >= 0.6 is 11.8 Å². The average molecular weight is 466 g/mol. The molecule has 0 saturated heterocycles. The van der Waals surface area contributed by atoms with Gasteiger partial charge in [-0.05, 0) is 42.0 Å². The molecule has 10 heteroatoms. The number of nitrogens with zero attached hydrogens (tertiary/aromatic N) is 1. The first-order valence-electron chi connectivity index (χ1n) is 9.46. The number of nitrogens with one attached hydrogen (secondary N) is 1. The lowest BCUT2D eigenvalue weighted by Crippen LogP contribution is -2.34. The normalized spacial score (nSPS) is 15.3. The largest absolute Gasteiger partial charge is 0.416 e. The van der Waals surface area contributed by atoms with Gasteiger partial charge in [-0.1, -0.05) is 23.9 Å². The van der Waals surface area contributed by atoms with Crippen LogP contribution in [0.4, 0.5) is 18.9 Å². The Morgan fingerprint density at radius 1 is 1.16 bits per heavy atom. The third kappa shape index (κ3) is 5.32. The lowest BCUT2D eigenvalue weighted by Gasteiger charge is -2.27. The van der Waals surface area contributed by atoms with E-state index >= 15 is 0 Å². The number of fused-ring (bicyclic) bond motifs is 1. The molecule has 0 bridgehead atoms. The fourth-order valence-electron chi connectivity index (χ4n) is 3.00. The van der Waals surface area contributed by atoms with E-state index in [-0.39, 0.29) is 18.4 Å². The minimum absolute atomic E-state index is 0.159. The highest BCUT2D eigenvalue weighted by Crippen LogP contribution is 2.42. The first kappa shape index (κ1) is 23.8. The zero-order valence-corrected chi connectivity index (χ0v) is 18.3. The standard InChI is InChI=1S/C22H21F3N2O4S/c1-27-16-11-14(20(28)26-12-19(30-2)31-3)6-9-17(16)32-18(21(27)29)10-13-4-7-15(8-5-13)22(23,24)25/h4-11,19H,12H2,1-3H3,(H,26,28)/b18-10-. The smallest absolute Gasteiger partial charge is 0.354 e. The van der Waals surface area contributed by atoms with Crippen LogP contribution < -0.4 is 10.2 Å². The van der Waals surface area contributed by atoms with E-state index in [1.165, 1.54) is 43.0 Å². The number of hydrogen-bond acceptors (Lipinski definition) is 5. The molecule has 0 unspecified atom stereocenters. The molecule has 0 aromatic heterocycles. The summed E-state index contributed by atoms with van der Waals surface area (Å²) in [5.41, 5.74) is 0.655. The van der Waals surface area contributed by atoms with Crippen molar-refractivity contribution in [3.8, 4) is 0 Å². The van der Waals surface area contributed by atoms with Crippen LogP contribution in [0, 0.1) is 0 Å². The molecule has 1 aliphatic heterocycles. The number of methoxy groups -OCH3 is 2. The molecule has 0 radical (unpaired) electrons. The number of thioether (sulfide) groups is 1. The second-order valence-corrected chi connectivity index (χ2v) is 7.97. The van der Waals surface area contributed by atoms with Gasteiger partial charge in [-0.15, -0.1) is 0 Å². The molecule has 0 saturated carbocycles. The number of carbonyl (C=O) groups is 2. The Hall–Kier alpha value is -2.82. The average Bonchev–Trinajstić information content (AvgIpc) is 2.77. The van der Waals surface area contributed by atoms with Gasteiger partial charge in [-0.2, -0.15) is 13.2 Å². The Morgan fingerprint density at radius 3 is 2.41 bits per heavy atom. The molecule has 2 aromatic rings. The number of carbonyl (C=O) groups excluding carboxylic acids is 2. The second kappa shape index (κ2) is 9.76. The first-order valence-corrected chi connectivity index (χ1v) is 10.3. The molecular weight excluding hydrogens is 445 g/mol. The number of amides is 2. The highest BCUT2D eigenvalue weighted by atomic mass is 32.2. The number of rotatable bonds is 6. The molecule has 170 valence electrons. The Morgan fingerprint density at radius 2 is 1.81 bits per heavy atom. The van der Waals surface area contributed by atoms with Gasteiger partial charge in [-0.3, -0.25) is 9.59 Å². The van der Waals surface area contributed by atoms with Gasteiger partial charge in [-0.25, -0.2) is 0 Å². The van der Waals surface area contributed by atoms with E-state index in [1.807, 2.05) is 0 Å². The third-order valence-electron chi connectivity index (χ3n) is 4.81. The fourth-order valence-corrected chi connectivity index (χ4v) is 4.09. The molecule has 1 aliphatic rings. The predicted molar refractivity (Wildman–Crippen MR) is 115 cm³/mol. The summed E-state index contributed by atoms with van der Waals surface area (Å²) >= 11 is 1.20. The van der Waals surface area contributed by atoms with Crippen LogP contribution in [0.5, 0.6) is 0 Å². The fraction of sp³-hybridized carbons (Fsp3) is 0.273. The molecule has 6 nitrogen and oxygen atoms in total. The minimum Gasteiger partial charge on any atom is -0.354 e. The van der Waals surface area contributed by atoms with Crippen LogP contribution in [0.15, 0.2) is 52.3 Å². The maximum absolute atomic E-state index is 12.8. The third-order valence-corrected chi connectivity index (χ3v) is 5.89. The van der Waals surface area contributed by atoms with E-state index < -0.39 is 18.0 Å². The Bertz CT molecular complexity index is 1030. The zero-order valence-electron chi connectivity index (χ0n) is 17.5. The second-order valence-electron chi connectivity index (χ2n) is 6.89. The van der Waals surface area contributed by atoms with Crippen molar-refractivity contribution in [3.63, 3.8) is 0 Å². The Labute approximate surface area is 187 Å². The van der Waals surface area contributed by atoms with Crippen LogP contribution in [-0.4, -0.2) is 45.9 Å². The van der Waals surface area contributed by atoms with E-state index in [9.17, 15) is 22.8 Å². The van der Waals surface area contributed by atoms with Gasteiger partial charge in [0.1, 0.15) is 0 Å². The van der Waals surface area contributed by atoms with Crippen molar-refractivity contribution in [1.82, 2.24) is 5.32 Å². The van der Waals surface area contributed by atoms with Crippen LogP contribution in [0.2, 0.25) is 0 Å². The molecule has 0 spiro atoms. The lowest BCUT2D eigenvalue weighted by molar-refractivity contribution is -0.137. The molecule has 32 heavy (non-hydrogen) atoms. The SMILES string of the molecule is COC(CNC(=O)c1ccc2c(c1)N(C)C(=O)/C(=C/c1ccc(C(F)(F)F)cc1)S2)OC. The van der Waals surface area contributed by atoms with Gasteiger partial charge < -0.3 is 19.7 Å². The molecule has 0 aliphatic carbocycles. The maximum atomic E-state index is 12.8.